The van der Waals surface area contributed by atoms with Gasteiger partial charge in [0.25, 0.3) is 0 Å². The highest BCUT2D eigenvalue weighted by Gasteiger charge is 2.29. The second-order valence-corrected chi connectivity index (χ2v) is 14.4. The molecule has 6 nitrogen and oxygen atoms in total. The highest BCUT2D eigenvalue weighted by molar-refractivity contribution is 9.10. The second-order valence-electron chi connectivity index (χ2n) is 9.05. The van der Waals surface area contributed by atoms with Gasteiger partial charge in [-0.15, -0.1) is 0 Å². The normalized spacial score (nSPS) is 10.7. The molecule has 3 rings (SSSR count). The number of carbonyl (C=O) groups is 2. The van der Waals surface area contributed by atoms with Gasteiger partial charge in [-0.1, -0.05) is 52.3 Å². The minimum atomic E-state index is -2.12. The molecule has 0 heterocycles. The Kier molecular flexibility index (Phi) is 9.68. The molecule has 0 saturated heterocycles. The molecule has 3 aromatic carbocycles. The van der Waals surface area contributed by atoms with Gasteiger partial charge in [0.05, 0.1) is 5.56 Å². The Balaban J connectivity index is 0.000000527. The third-order valence-electron chi connectivity index (χ3n) is 4.94. The van der Waals surface area contributed by atoms with Gasteiger partial charge in [-0.2, -0.15) is 0 Å². The van der Waals surface area contributed by atoms with Crippen LogP contribution in [0.5, 0.6) is 11.5 Å². The molecule has 0 unspecified atom stereocenters. The molecular weight excluding hydrogens is 528 g/mol. The lowest BCUT2D eigenvalue weighted by Gasteiger charge is -2.24. The van der Waals surface area contributed by atoms with Crippen molar-refractivity contribution in [2.24, 2.45) is 0 Å². The number of rotatable bonds is 7. The van der Waals surface area contributed by atoms with Gasteiger partial charge in [-0.05, 0) is 75.3 Å². The van der Waals surface area contributed by atoms with Crippen LogP contribution in [0.3, 0.4) is 0 Å². The highest BCUT2D eigenvalue weighted by Crippen LogP contribution is 2.33. The number of hydrogen-bond donors (Lipinski definition) is 2. The van der Waals surface area contributed by atoms with Crippen molar-refractivity contribution < 1.29 is 29.0 Å². The summed E-state index contributed by atoms with van der Waals surface area (Å²) < 4.78 is 13.0. The molecule has 0 radical (unpaired) electrons. The SMILES string of the molecule is Brc1ccccc1.Cc1cccc(C)c1OCc1c(C(=O)O)c(C)cc(O[Si](C)(C)C)c1C(=O)O. The fourth-order valence-corrected chi connectivity index (χ4v) is 4.65. The van der Waals surface area contributed by atoms with Crippen LogP contribution in [-0.2, 0) is 6.61 Å². The summed E-state index contributed by atoms with van der Waals surface area (Å²) in [6.45, 7) is 11.0. The van der Waals surface area contributed by atoms with Crippen LogP contribution in [0.4, 0.5) is 0 Å². The van der Waals surface area contributed by atoms with Gasteiger partial charge in [0.15, 0.2) is 0 Å². The molecule has 0 amide bonds. The van der Waals surface area contributed by atoms with Crippen LogP contribution in [0.25, 0.3) is 0 Å². The predicted octanol–water partition coefficient (Wildman–Crippen LogP) is 7.25. The zero-order valence-corrected chi connectivity index (χ0v) is 23.4. The molecule has 0 fully saturated rings. The van der Waals surface area contributed by atoms with E-state index in [0.717, 1.165) is 15.6 Å². The van der Waals surface area contributed by atoms with Crippen LogP contribution < -0.4 is 9.16 Å². The van der Waals surface area contributed by atoms with Crippen molar-refractivity contribution in [3.8, 4) is 11.5 Å². The van der Waals surface area contributed by atoms with E-state index in [1.165, 1.54) is 6.07 Å². The average molecular weight is 560 g/mol. The lowest BCUT2D eigenvalue weighted by Crippen LogP contribution is -2.31. The Morgan fingerprint density at radius 1 is 0.829 bits per heavy atom. The summed E-state index contributed by atoms with van der Waals surface area (Å²) in [5.74, 6) is -1.63. The Morgan fingerprint density at radius 3 is 1.80 bits per heavy atom. The number of carboxylic acid groups (broad SMARTS) is 2. The number of ether oxygens (including phenoxy) is 1. The van der Waals surface area contributed by atoms with E-state index in [2.05, 4.69) is 15.9 Å². The molecule has 3 aromatic rings. The van der Waals surface area contributed by atoms with Crippen LogP contribution in [0, 0.1) is 20.8 Å². The summed E-state index contributed by atoms with van der Waals surface area (Å²) in [6.07, 6.45) is 0. The highest BCUT2D eigenvalue weighted by atomic mass is 79.9. The molecule has 8 heteroatoms. The Morgan fingerprint density at radius 2 is 1.37 bits per heavy atom. The van der Waals surface area contributed by atoms with Gasteiger partial charge in [0.1, 0.15) is 23.7 Å². The van der Waals surface area contributed by atoms with E-state index in [4.69, 9.17) is 9.16 Å². The summed E-state index contributed by atoms with van der Waals surface area (Å²) in [4.78, 5) is 23.9. The Labute approximate surface area is 215 Å². The number of benzene rings is 3. The van der Waals surface area contributed by atoms with Crippen LogP contribution >= 0.6 is 15.9 Å². The van der Waals surface area contributed by atoms with Crippen molar-refractivity contribution in [3.05, 3.63) is 92.5 Å². The summed E-state index contributed by atoms with van der Waals surface area (Å²) in [5.41, 5.74) is 2.10. The number of aromatic carboxylic acids is 2. The maximum atomic E-state index is 12.0. The van der Waals surface area contributed by atoms with Crippen molar-refractivity contribution in [1.29, 1.82) is 0 Å². The van der Waals surface area contributed by atoms with E-state index in [1.807, 2.05) is 82.0 Å². The first-order valence-corrected chi connectivity index (χ1v) is 15.2. The molecule has 0 spiro atoms. The first-order chi connectivity index (χ1) is 16.3. The molecule has 0 aliphatic rings. The molecule has 35 heavy (non-hydrogen) atoms. The first-order valence-electron chi connectivity index (χ1n) is 11.0. The quantitative estimate of drug-likeness (QED) is 0.296. The molecule has 0 atom stereocenters. The van der Waals surface area contributed by atoms with Gasteiger partial charge in [0.2, 0.25) is 8.32 Å². The topological polar surface area (TPSA) is 93.1 Å². The predicted molar refractivity (Wildman–Crippen MR) is 143 cm³/mol. The van der Waals surface area contributed by atoms with E-state index in [1.54, 1.807) is 6.92 Å². The molecule has 2 N–H and O–H groups in total. The lowest BCUT2D eigenvalue weighted by molar-refractivity contribution is 0.0690. The van der Waals surface area contributed by atoms with Crippen molar-refractivity contribution in [2.45, 2.75) is 47.0 Å². The lowest BCUT2D eigenvalue weighted by atomic mass is 9.95. The standard InChI is InChI=1S/C21H26O6Si.C6H5Br/c1-12-8-7-9-13(2)19(12)26-11-15-17(20(22)23)14(3)10-16(18(15)21(24)25)27-28(4,5)6;7-6-4-2-1-3-5-6/h7-10H,11H2,1-6H3,(H,22,23)(H,24,25);1-5H. The van der Waals surface area contributed by atoms with Gasteiger partial charge >= 0.3 is 11.9 Å². The van der Waals surface area contributed by atoms with E-state index in [-0.39, 0.29) is 29.0 Å². The molecule has 0 aliphatic heterocycles. The van der Waals surface area contributed by atoms with Crippen LogP contribution in [0.15, 0.2) is 59.1 Å². The Hall–Kier alpha value is -3.10. The maximum Gasteiger partial charge on any atom is 0.339 e. The maximum absolute atomic E-state index is 12.0. The molecule has 0 saturated carbocycles. The van der Waals surface area contributed by atoms with Gasteiger partial charge in [0, 0.05) is 10.0 Å². The van der Waals surface area contributed by atoms with Crippen LogP contribution in [-0.4, -0.2) is 30.5 Å². The largest absolute Gasteiger partial charge is 0.544 e. The third-order valence-corrected chi connectivity index (χ3v) is 6.30. The molecule has 0 aliphatic carbocycles. The fraction of sp³-hybridized carbons (Fsp3) is 0.259. The molecular formula is C27H31BrO6Si. The van der Waals surface area contributed by atoms with Gasteiger partial charge in [-0.3, -0.25) is 0 Å². The zero-order chi connectivity index (χ0) is 26.3. The molecule has 186 valence electrons. The van der Waals surface area contributed by atoms with Gasteiger partial charge < -0.3 is 19.4 Å². The summed E-state index contributed by atoms with van der Waals surface area (Å²) in [6, 6.07) is 17.1. The molecule has 0 aromatic heterocycles. The summed E-state index contributed by atoms with van der Waals surface area (Å²) in [5, 5.41) is 19.5. The zero-order valence-electron chi connectivity index (χ0n) is 20.8. The summed E-state index contributed by atoms with van der Waals surface area (Å²) in [7, 11) is -2.12. The van der Waals surface area contributed by atoms with E-state index in [0.29, 0.717) is 11.3 Å². The fourth-order valence-electron chi connectivity index (χ4n) is 3.53. The van der Waals surface area contributed by atoms with E-state index >= 15 is 0 Å². The minimum Gasteiger partial charge on any atom is -0.544 e. The van der Waals surface area contributed by atoms with Crippen LogP contribution in [0.2, 0.25) is 19.6 Å². The number of halogens is 1. The first kappa shape index (κ1) is 28.1. The van der Waals surface area contributed by atoms with Crippen molar-refractivity contribution in [1.82, 2.24) is 0 Å². The van der Waals surface area contributed by atoms with Crippen molar-refractivity contribution in [2.75, 3.05) is 0 Å². The third kappa shape index (κ3) is 7.97. The second kappa shape index (κ2) is 12.0. The van der Waals surface area contributed by atoms with Crippen molar-refractivity contribution >= 4 is 36.2 Å². The van der Waals surface area contributed by atoms with E-state index in [9.17, 15) is 19.8 Å². The average Bonchev–Trinajstić information content (AvgIpc) is 2.72. The smallest absolute Gasteiger partial charge is 0.339 e. The number of para-hydroxylation sites is 1. The Bertz CT molecular complexity index is 1180. The van der Waals surface area contributed by atoms with Gasteiger partial charge in [-0.25, -0.2) is 9.59 Å². The van der Waals surface area contributed by atoms with E-state index < -0.39 is 20.3 Å². The van der Waals surface area contributed by atoms with Crippen LogP contribution in [0.1, 0.15) is 43.0 Å². The molecule has 0 bridgehead atoms. The minimum absolute atomic E-state index is 0.0634. The number of carboxylic acids is 2. The number of hydrogen-bond acceptors (Lipinski definition) is 4. The monoisotopic (exact) mass is 558 g/mol. The van der Waals surface area contributed by atoms with Crippen molar-refractivity contribution in [3.63, 3.8) is 0 Å². The number of aryl methyl sites for hydroxylation is 3. The summed E-state index contributed by atoms with van der Waals surface area (Å²) >= 11 is 3.31.